The molecule has 0 saturated heterocycles. The van der Waals surface area contributed by atoms with Crippen molar-refractivity contribution in [3.63, 3.8) is 0 Å². The highest BCUT2D eigenvalue weighted by atomic mass is 16.5. The summed E-state index contributed by atoms with van der Waals surface area (Å²) >= 11 is 0. The van der Waals surface area contributed by atoms with Crippen molar-refractivity contribution in [3.8, 4) is 5.75 Å². The van der Waals surface area contributed by atoms with Crippen LogP contribution in [0.2, 0.25) is 0 Å². The molecule has 2 aromatic rings. The predicted octanol–water partition coefficient (Wildman–Crippen LogP) is 4.76. The van der Waals surface area contributed by atoms with Crippen molar-refractivity contribution in [2.24, 2.45) is 11.3 Å². The van der Waals surface area contributed by atoms with E-state index < -0.39 is 5.41 Å². The van der Waals surface area contributed by atoms with Gasteiger partial charge in [-0.3, -0.25) is 9.59 Å². The van der Waals surface area contributed by atoms with E-state index in [4.69, 9.17) is 4.74 Å². The minimum atomic E-state index is -0.488. The summed E-state index contributed by atoms with van der Waals surface area (Å²) < 4.78 is 5.65. The zero-order valence-electron chi connectivity index (χ0n) is 17.8. The number of ether oxygens (including phenoxy) is 1. The summed E-state index contributed by atoms with van der Waals surface area (Å²) in [6.45, 7) is 10.6. The van der Waals surface area contributed by atoms with E-state index in [-0.39, 0.29) is 18.4 Å². The molecule has 0 heterocycles. The maximum Gasteiger partial charge on any atom is 0.243 e. The topological polar surface area (TPSA) is 79.5 Å². The number of amides is 2. The van der Waals surface area contributed by atoms with Gasteiger partial charge in [-0.15, -0.1) is 0 Å². The highest BCUT2D eigenvalue weighted by molar-refractivity contribution is 5.97. The summed E-state index contributed by atoms with van der Waals surface area (Å²) in [4.78, 5) is 24.3. The van der Waals surface area contributed by atoms with Crippen molar-refractivity contribution in [2.75, 3.05) is 29.1 Å². The predicted molar refractivity (Wildman–Crippen MR) is 118 cm³/mol. The molecule has 0 aliphatic carbocycles. The highest BCUT2D eigenvalue weighted by Gasteiger charge is 2.21. The number of benzene rings is 2. The number of carbonyl (C=O) groups excluding carboxylic acids is 2. The molecule has 6 nitrogen and oxygen atoms in total. The molecule has 0 bridgehead atoms. The average Bonchev–Trinajstić information content (AvgIpc) is 2.65. The summed E-state index contributed by atoms with van der Waals surface area (Å²) in [6, 6.07) is 14.6. The van der Waals surface area contributed by atoms with Crippen molar-refractivity contribution >= 4 is 28.9 Å². The number of carbonyl (C=O) groups is 2. The molecule has 0 spiro atoms. The van der Waals surface area contributed by atoms with Crippen LogP contribution in [0, 0.1) is 11.3 Å². The lowest BCUT2D eigenvalue weighted by atomic mass is 9.95. The minimum Gasteiger partial charge on any atom is -0.493 e. The van der Waals surface area contributed by atoms with E-state index >= 15 is 0 Å². The molecule has 2 rings (SSSR count). The Balaban J connectivity index is 1.85. The molecule has 156 valence electrons. The van der Waals surface area contributed by atoms with Gasteiger partial charge in [0.1, 0.15) is 5.75 Å². The number of nitrogens with one attached hydrogen (secondary N) is 3. The molecular formula is C23H31N3O3. The van der Waals surface area contributed by atoms with Crippen LogP contribution in [0.3, 0.4) is 0 Å². The van der Waals surface area contributed by atoms with E-state index in [0.717, 1.165) is 11.4 Å². The fraction of sp³-hybridized carbons (Fsp3) is 0.391. The quantitative estimate of drug-likeness (QED) is 0.600. The molecule has 0 aromatic heterocycles. The first-order valence-electron chi connectivity index (χ1n) is 9.81. The zero-order chi connectivity index (χ0) is 21.4. The van der Waals surface area contributed by atoms with Gasteiger partial charge in [-0.25, -0.2) is 0 Å². The fourth-order valence-electron chi connectivity index (χ4n) is 2.31. The Bertz CT molecular complexity index is 824. The van der Waals surface area contributed by atoms with E-state index in [9.17, 15) is 9.59 Å². The third-order valence-electron chi connectivity index (χ3n) is 3.98. The molecule has 0 radical (unpaired) electrons. The van der Waals surface area contributed by atoms with Gasteiger partial charge in [0.2, 0.25) is 11.8 Å². The molecular weight excluding hydrogens is 366 g/mol. The van der Waals surface area contributed by atoms with Gasteiger partial charge in [-0.05, 0) is 48.4 Å². The molecule has 29 heavy (non-hydrogen) atoms. The average molecular weight is 398 g/mol. The summed E-state index contributed by atoms with van der Waals surface area (Å²) in [7, 11) is 0. The number of rotatable bonds is 8. The molecule has 0 saturated carbocycles. The first kappa shape index (κ1) is 22.3. The maximum atomic E-state index is 12.2. The number of anilines is 3. The molecule has 2 amide bonds. The Labute approximate surface area is 173 Å². The van der Waals surface area contributed by atoms with Crippen LogP contribution in [0.25, 0.3) is 0 Å². The van der Waals surface area contributed by atoms with Crippen LogP contribution in [0.1, 0.15) is 34.6 Å². The van der Waals surface area contributed by atoms with Gasteiger partial charge in [0, 0.05) is 22.5 Å². The molecule has 0 aliphatic heterocycles. The van der Waals surface area contributed by atoms with E-state index in [1.54, 1.807) is 24.3 Å². The van der Waals surface area contributed by atoms with Crippen molar-refractivity contribution in [2.45, 2.75) is 34.6 Å². The van der Waals surface area contributed by atoms with E-state index in [2.05, 4.69) is 29.8 Å². The lowest BCUT2D eigenvalue weighted by Crippen LogP contribution is -2.27. The maximum absolute atomic E-state index is 12.2. The second-order valence-electron chi connectivity index (χ2n) is 8.42. The van der Waals surface area contributed by atoms with Crippen LogP contribution in [0.15, 0.2) is 48.5 Å². The van der Waals surface area contributed by atoms with Gasteiger partial charge in [0.15, 0.2) is 0 Å². The second kappa shape index (κ2) is 9.96. The third kappa shape index (κ3) is 7.86. The van der Waals surface area contributed by atoms with Crippen LogP contribution in [0.4, 0.5) is 17.1 Å². The molecule has 0 aliphatic rings. The monoisotopic (exact) mass is 397 g/mol. The van der Waals surface area contributed by atoms with Gasteiger partial charge >= 0.3 is 0 Å². The fourth-order valence-corrected chi connectivity index (χ4v) is 2.31. The smallest absolute Gasteiger partial charge is 0.243 e. The van der Waals surface area contributed by atoms with E-state index in [0.29, 0.717) is 23.9 Å². The van der Waals surface area contributed by atoms with Crippen molar-refractivity contribution in [3.05, 3.63) is 48.5 Å². The van der Waals surface area contributed by atoms with E-state index in [1.807, 2.05) is 45.0 Å². The van der Waals surface area contributed by atoms with Crippen LogP contribution < -0.4 is 20.7 Å². The lowest BCUT2D eigenvalue weighted by Gasteiger charge is -2.18. The minimum absolute atomic E-state index is 0.0801. The number of hydrogen-bond acceptors (Lipinski definition) is 4. The lowest BCUT2D eigenvalue weighted by molar-refractivity contribution is -0.123. The molecule has 0 fully saturated rings. The molecule has 6 heteroatoms. The van der Waals surface area contributed by atoms with Crippen molar-refractivity contribution in [1.29, 1.82) is 0 Å². The van der Waals surface area contributed by atoms with Crippen LogP contribution in [-0.4, -0.2) is 25.0 Å². The van der Waals surface area contributed by atoms with Gasteiger partial charge in [-0.2, -0.15) is 0 Å². The van der Waals surface area contributed by atoms with Gasteiger partial charge in [0.05, 0.1) is 13.2 Å². The first-order chi connectivity index (χ1) is 13.6. The molecule has 0 unspecified atom stereocenters. The zero-order valence-corrected chi connectivity index (χ0v) is 17.8. The third-order valence-corrected chi connectivity index (χ3v) is 3.98. The van der Waals surface area contributed by atoms with Gasteiger partial charge < -0.3 is 20.7 Å². The summed E-state index contributed by atoms with van der Waals surface area (Å²) in [6.07, 6.45) is 0. The Hall–Kier alpha value is -3.02. The number of hydrogen-bond donors (Lipinski definition) is 3. The van der Waals surface area contributed by atoms with Crippen molar-refractivity contribution in [1.82, 2.24) is 0 Å². The van der Waals surface area contributed by atoms with E-state index in [1.165, 1.54) is 0 Å². The van der Waals surface area contributed by atoms with Crippen molar-refractivity contribution < 1.29 is 14.3 Å². The summed E-state index contributed by atoms with van der Waals surface area (Å²) in [5.74, 6) is 1.02. The standard InChI is InChI=1S/C23H31N3O3/c1-16(2)15-29-20-11-9-17(10-12-20)24-14-21(27)25-18-7-6-8-19(13-18)26-22(28)23(3,4)5/h6-13,16,24H,14-15H2,1-5H3,(H,25,27)(H,26,28). The second-order valence-corrected chi connectivity index (χ2v) is 8.42. The molecule has 3 N–H and O–H groups in total. The van der Waals surface area contributed by atoms with Crippen LogP contribution in [0.5, 0.6) is 5.75 Å². The Morgan fingerprint density at radius 2 is 1.55 bits per heavy atom. The van der Waals surface area contributed by atoms with Gasteiger partial charge in [-0.1, -0.05) is 40.7 Å². The highest BCUT2D eigenvalue weighted by Crippen LogP contribution is 2.20. The Kier molecular flexibility index (Phi) is 7.65. The summed E-state index contributed by atoms with van der Waals surface area (Å²) in [5, 5.41) is 8.78. The summed E-state index contributed by atoms with van der Waals surface area (Å²) in [5.41, 5.74) is 1.62. The Morgan fingerprint density at radius 1 is 0.931 bits per heavy atom. The first-order valence-corrected chi connectivity index (χ1v) is 9.81. The molecule has 0 atom stereocenters. The molecule has 2 aromatic carbocycles. The largest absolute Gasteiger partial charge is 0.493 e. The normalized spacial score (nSPS) is 11.1. The van der Waals surface area contributed by atoms with Crippen LogP contribution >= 0.6 is 0 Å². The van der Waals surface area contributed by atoms with Gasteiger partial charge in [0.25, 0.3) is 0 Å². The van der Waals surface area contributed by atoms with Crippen LogP contribution in [-0.2, 0) is 9.59 Å². The Morgan fingerprint density at radius 3 is 2.14 bits per heavy atom. The SMILES string of the molecule is CC(C)COc1ccc(NCC(=O)Nc2cccc(NC(=O)C(C)(C)C)c2)cc1.